The van der Waals surface area contributed by atoms with Crippen molar-refractivity contribution in [1.82, 2.24) is 19.4 Å². The third kappa shape index (κ3) is 3.67. The molecule has 5 nitrogen and oxygen atoms in total. The van der Waals surface area contributed by atoms with Crippen LogP contribution in [0.4, 0.5) is 0 Å². The summed E-state index contributed by atoms with van der Waals surface area (Å²) in [6.07, 6.45) is 5.60. The lowest BCUT2D eigenvalue weighted by molar-refractivity contribution is 0.0633. The molecule has 0 N–H and O–H groups in total. The number of aromatic nitrogens is 2. The van der Waals surface area contributed by atoms with Crippen LogP contribution in [-0.2, 0) is 6.54 Å². The third-order valence-corrected chi connectivity index (χ3v) is 4.20. The lowest BCUT2D eigenvalue weighted by Gasteiger charge is -2.34. The first kappa shape index (κ1) is 15.1. The number of benzene rings is 1. The van der Waals surface area contributed by atoms with Crippen molar-refractivity contribution in [3.8, 4) is 0 Å². The summed E-state index contributed by atoms with van der Waals surface area (Å²) in [5.41, 5.74) is 0.666. The Hall–Kier alpha value is -1.85. The molecule has 1 aliphatic rings. The average Bonchev–Trinajstić information content (AvgIpc) is 3.06. The predicted molar refractivity (Wildman–Crippen MR) is 86.0 cm³/mol. The fourth-order valence-corrected chi connectivity index (χ4v) is 2.84. The van der Waals surface area contributed by atoms with Gasteiger partial charge in [-0.2, -0.15) is 0 Å². The van der Waals surface area contributed by atoms with Gasteiger partial charge in [-0.15, -0.1) is 0 Å². The van der Waals surface area contributed by atoms with Gasteiger partial charge in [-0.3, -0.25) is 9.69 Å². The van der Waals surface area contributed by atoms with Crippen molar-refractivity contribution >= 4 is 17.5 Å². The number of hydrogen-bond acceptors (Lipinski definition) is 3. The number of amides is 1. The minimum absolute atomic E-state index is 0.0664. The van der Waals surface area contributed by atoms with Crippen LogP contribution in [0.1, 0.15) is 10.4 Å². The molecule has 2 heterocycles. The Balaban J connectivity index is 1.50. The second-order valence-corrected chi connectivity index (χ2v) is 5.88. The van der Waals surface area contributed by atoms with Crippen molar-refractivity contribution in [3.63, 3.8) is 0 Å². The predicted octanol–water partition coefficient (Wildman–Crippen LogP) is 1.99. The van der Waals surface area contributed by atoms with Crippen molar-refractivity contribution in [2.75, 3.05) is 32.7 Å². The molecule has 1 saturated heterocycles. The van der Waals surface area contributed by atoms with Gasteiger partial charge >= 0.3 is 0 Å². The molecule has 0 unspecified atom stereocenters. The van der Waals surface area contributed by atoms with E-state index in [1.807, 2.05) is 29.6 Å². The smallest absolute Gasteiger partial charge is 0.253 e. The van der Waals surface area contributed by atoms with Crippen LogP contribution in [0.25, 0.3) is 0 Å². The molecule has 0 spiro atoms. The highest BCUT2D eigenvalue weighted by Crippen LogP contribution is 2.14. The Morgan fingerprint density at radius 1 is 1.18 bits per heavy atom. The summed E-state index contributed by atoms with van der Waals surface area (Å²) in [5.74, 6) is 0.0664. The molecule has 2 aromatic rings. The average molecular weight is 319 g/mol. The van der Waals surface area contributed by atoms with Gasteiger partial charge in [0, 0.05) is 62.2 Å². The first-order valence-electron chi connectivity index (χ1n) is 7.45. The lowest BCUT2D eigenvalue weighted by Crippen LogP contribution is -2.49. The Labute approximate surface area is 135 Å². The van der Waals surface area contributed by atoms with Gasteiger partial charge in [0.25, 0.3) is 5.91 Å². The molecule has 0 radical (unpaired) electrons. The number of carbonyl (C=O) groups excluding carboxylic acids is 1. The van der Waals surface area contributed by atoms with E-state index in [-0.39, 0.29) is 5.91 Å². The number of piperazine rings is 1. The van der Waals surface area contributed by atoms with Crippen LogP contribution in [0.15, 0.2) is 43.0 Å². The minimum atomic E-state index is 0.0664. The summed E-state index contributed by atoms with van der Waals surface area (Å²) < 4.78 is 2.07. The van der Waals surface area contributed by atoms with E-state index >= 15 is 0 Å². The summed E-state index contributed by atoms with van der Waals surface area (Å²) in [6, 6.07) is 7.15. The highest BCUT2D eigenvalue weighted by atomic mass is 35.5. The molecule has 3 rings (SSSR count). The summed E-state index contributed by atoms with van der Waals surface area (Å²) >= 11 is 5.95. The van der Waals surface area contributed by atoms with Crippen LogP contribution in [0.5, 0.6) is 0 Å². The second-order valence-electron chi connectivity index (χ2n) is 5.44. The Morgan fingerprint density at radius 3 is 2.68 bits per heavy atom. The molecule has 0 aliphatic carbocycles. The fourth-order valence-electron chi connectivity index (χ4n) is 2.65. The molecule has 1 aliphatic heterocycles. The monoisotopic (exact) mass is 318 g/mol. The zero-order valence-electron chi connectivity index (χ0n) is 12.4. The zero-order chi connectivity index (χ0) is 15.4. The van der Waals surface area contributed by atoms with Gasteiger partial charge < -0.3 is 9.47 Å². The van der Waals surface area contributed by atoms with E-state index in [9.17, 15) is 4.79 Å². The number of rotatable bonds is 4. The topological polar surface area (TPSA) is 41.4 Å². The van der Waals surface area contributed by atoms with Gasteiger partial charge in [0.2, 0.25) is 0 Å². The van der Waals surface area contributed by atoms with E-state index < -0.39 is 0 Å². The molecule has 0 saturated carbocycles. The highest BCUT2D eigenvalue weighted by molar-refractivity contribution is 6.30. The van der Waals surface area contributed by atoms with Crippen molar-refractivity contribution in [2.45, 2.75) is 6.54 Å². The number of halogens is 1. The van der Waals surface area contributed by atoms with Gasteiger partial charge in [0.1, 0.15) is 0 Å². The molecular weight excluding hydrogens is 300 g/mol. The fraction of sp³-hybridized carbons (Fsp3) is 0.375. The zero-order valence-corrected chi connectivity index (χ0v) is 13.1. The Kier molecular flexibility index (Phi) is 4.75. The molecule has 1 aromatic carbocycles. The first-order valence-corrected chi connectivity index (χ1v) is 7.83. The van der Waals surface area contributed by atoms with E-state index in [1.165, 1.54) is 0 Å². The summed E-state index contributed by atoms with van der Waals surface area (Å²) in [4.78, 5) is 20.8. The molecule has 0 atom stereocenters. The normalized spacial score (nSPS) is 16.0. The van der Waals surface area contributed by atoms with Crippen LogP contribution in [-0.4, -0.2) is 58.0 Å². The van der Waals surface area contributed by atoms with Gasteiger partial charge in [-0.05, 0) is 18.2 Å². The maximum Gasteiger partial charge on any atom is 0.253 e. The van der Waals surface area contributed by atoms with Gasteiger partial charge in [0.15, 0.2) is 0 Å². The standard InChI is InChI=1S/C16H19ClN4O/c17-15-3-1-2-14(12-15)16(22)21-10-8-19(9-11-21)6-7-20-5-4-18-13-20/h1-5,12-13H,6-11H2. The largest absolute Gasteiger partial charge is 0.336 e. The van der Waals surface area contributed by atoms with Crippen LogP contribution in [0.3, 0.4) is 0 Å². The summed E-state index contributed by atoms with van der Waals surface area (Å²) in [6.45, 7) is 5.24. The number of carbonyl (C=O) groups is 1. The highest BCUT2D eigenvalue weighted by Gasteiger charge is 2.21. The van der Waals surface area contributed by atoms with Gasteiger partial charge in [-0.1, -0.05) is 17.7 Å². The molecule has 6 heteroatoms. The molecule has 1 amide bonds. The van der Waals surface area contributed by atoms with E-state index in [4.69, 9.17) is 11.6 Å². The van der Waals surface area contributed by atoms with Crippen LogP contribution >= 0.6 is 11.6 Å². The first-order chi connectivity index (χ1) is 10.7. The molecule has 22 heavy (non-hydrogen) atoms. The lowest BCUT2D eigenvalue weighted by atomic mass is 10.2. The third-order valence-electron chi connectivity index (χ3n) is 3.96. The second kappa shape index (κ2) is 6.94. The van der Waals surface area contributed by atoms with Crippen molar-refractivity contribution < 1.29 is 4.79 Å². The SMILES string of the molecule is O=C(c1cccc(Cl)c1)N1CCN(CCn2ccnc2)CC1. The summed E-state index contributed by atoms with van der Waals surface area (Å²) in [5, 5.41) is 0.602. The van der Waals surface area contributed by atoms with E-state index in [0.717, 1.165) is 39.3 Å². The van der Waals surface area contributed by atoms with Crippen LogP contribution in [0, 0.1) is 0 Å². The van der Waals surface area contributed by atoms with Crippen molar-refractivity contribution in [2.24, 2.45) is 0 Å². The molecule has 0 bridgehead atoms. The van der Waals surface area contributed by atoms with Gasteiger partial charge in [-0.25, -0.2) is 4.98 Å². The molecule has 116 valence electrons. The van der Waals surface area contributed by atoms with Gasteiger partial charge in [0.05, 0.1) is 6.33 Å². The minimum Gasteiger partial charge on any atom is -0.336 e. The maximum absolute atomic E-state index is 12.4. The Bertz CT molecular complexity index is 621. The molecule has 1 aromatic heterocycles. The van der Waals surface area contributed by atoms with E-state index in [2.05, 4.69) is 14.5 Å². The van der Waals surface area contributed by atoms with Crippen LogP contribution < -0.4 is 0 Å². The molecular formula is C16H19ClN4O. The van der Waals surface area contributed by atoms with Crippen molar-refractivity contribution in [1.29, 1.82) is 0 Å². The van der Waals surface area contributed by atoms with Crippen molar-refractivity contribution in [3.05, 3.63) is 53.6 Å². The number of imidazole rings is 1. The quantitative estimate of drug-likeness (QED) is 0.866. The molecule has 1 fully saturated rings. The Morgan fingerprint density at radius 2 is 2.00 bits per heavy atom. The van der Waals surface area contributed by atoms with E-state index in [1.54, 1.807) is 18.3 Å². The van der Waals surface area contributed by atoms with E-state index in [0.29, 0.717) is 10.6 Å². The number of hydrogen-bond donors (Lipinski definition) is 0. The van der Waals surface area contributed by atoms with Crippen LogP contribution in [0.2, 0.25) is 5.02 Å². The summed E-state index contributed by atoms with van der Waals surface area (Å²) in [7, 11) is 0. The maximum atomic E-state index is 12.4. The number of nitrogens with zero attached hydrogens (tertiary/aromatic N) is 4.